The second kappa shape index (κ2) is 5.08. The van der Waals surface area contributed by atoms with E-state index in [-0.39, 0.29) is 42.0 Å². The smallest absolute Gasteiger partial charge is 0.319 e. The van der Waals surface area contributed by atoms with Gasteiger partial charge in [-0.05, 0) is 24.6 Å². The van der Waals surface area contributed by atoms with Crippen LogP contribution < -0.4 is 10.6 Å². The van der Waals surface area contributed by atoms with Crippen molar-refractivity contribution < 1.29 is 14.7 Å². The van der Waals surface area contributed by atoms with Gasteiger partial charge in [-0.25, -0.2) is 9.59 Å². The van der Waals surface area contributed by atoms with Gasteiger partial charge in [0.05, 0.1) is 6.04 Å². The summed E-state index contributed by atoms with van der Waals surface area (Å²) in [5, 5.41) is 15.6. The van der Waals surface area contributed by atoms with E-state index in [4.69, 9.17) is 0 Å². The van der Waals surface area contributed by atoms with Crippen molar-refractivity contribution >= 4 is 12.1 Å². The molecule has 4 atom stereocenters. The Hall–Kier alpha value is -2.44. The van der Waals surface area contributed by atoms with Gasteiger partial charge in [0.15, 0.2) is 0 Å². The highest BCUT2D eigenvalue weighted by atomic mass is 16.3. The zero-order valence-corrected chi connectivity index (χ0v) is 12.8. The van der Waals surface area contributed by atoms with E-state index in [9.17, 15) is 14.7 Å². The van der Waals surface area contributed by atoms with Gasteiger partial charge >= 0.3 is 12.1 Å². The second-order valence-electron chi connectivity index (χ2n) is 5.97. The fourth-order valence-corrected chi connectivity index (χ4v) is 3.46. The quantitative estimate of drug-likeness (QED) is 0.725. The normalized spacial score (nSPS) is 31.4. The van der Waals surface area contributed by atoms with E-state index in [1.807, 2.05) is 13.0 Å². The van der Waals surface area contributed by atoms with Gasteiger partial charge in [-0.3, -0.25) is 0 Å². The molecule has 2 heterocycles. The molecule has 7 heteroatoms. The first-order valence-corrected chi connectivity index (χ1v) is 7.25. The predicted octanol–water partition coefficient (Wildman–Crippen LogP) is 1.07. The largest absolute Gasteiger partial charge is 0.508 e. The average Bonchev–Trinajstić information content (AvgIpc) is 2.47. The van der Waals surface area contributed by atoms with Crippen LogP contribution in [-0.2, 0) is 0 Å². The number of benzene rings is 1. The van der Waals surface area contributed by atoms with Crippen molar-refractivity contribution in [3.05, 3.63) is 29.8 Å². The number of phenols is 1. The maximum atomic E-state index is 12.3. The molecule has 2 aliphatic rings. The summed E-state index contributed by atoms with van der Waals surface area (Å²) in [6.07, 6.45) is -0.375. The number of carbonyl (C=O) groups excluding carboxylic acids is 2. The third-order valence-electron chi connectivity index (χ3n) is 4.62. The summed E-state index contributed by atoms with van der Waals surface area (Å²) in [5.41, 5.74) is 0.851. The lowest BCUT2D eigenvalue weighted by molar-refractivity contribution is 0.0247. The highest BCUT2D eigenvalue weighted by molar-refractivity contribution is 5.80. The number of carbonyl (C=O) groups is 2. The van der Waals surface area contributed by atoms with Crippen LogP contribution in [0.4, 0.5) is 9.59 Å². The van der Waals surface area contributed by atoms with Crippen molar-refractivity contribution in [2.24, 2.45) is 5.92 Å². The summed E-state index contributed by atoms with van der Waals surface area (Å²) < 4.78 is 0. The number of nitrogens with one attached hydrogen (secondary N) is 2. The molecular weight excluding hydrogens is 284 g/mol. The zero-order valence-electron chi connectivity index (χ0n) is 12.8. The number of fused-ring (bicyclic) bond motifs is 1. The van der Waals surface area contributed by atoms with Gasteiger partial charge in [0, 0.05) is 26.1 Å². The van der Waals surface area contributed by atoms with Crippen LogP contribution in [0.3, 0.4) is 0 Å². The van der Waals surface area contributed by atoms with Gasteiger partial charge in [0.25, 0.3) is 0 Å². The zero-order chi connectivity index (χ0) is 16.0. The van der Waals surface area contributed by atoms with Crippen LogP contribution in [0, 0.1) is 5.92 Å². The Kier molecular flexibility index (Phi) is 3.35. The Morgan fingerprint density at radius 2 is 1.77 bits per heavy atom. The van der Waals surface area contributed by atoms with E-state index >= 15 is 0 Å². The SMILES string of the molecule is C[C@@H]1NC(=O)N(C)[C@H]2NC(=O)N(C)[C@H](c3cccc(O)c3)[C@H]12. The summed E-state index contributed by atoms with van der Waals surface area (Å²) in [6.45, 7) is 1.93. The molecule has 22 heavy (non-hydrogen) atoms. The molecule has 0 unspecified atom stereocenters. The van der Waals surface area contributed by atoms with E-state index in [0.29, 0.717) is 0 Å². The molecule has 0 aromatic heterocycles. The minimum absolute atomic E-state index is 0.0350. The molecule has 0 aliphatic carbocycles. The van der Waals surface area contributed by atoms with Crippen LogP contribution in [0.25, 0.3) is 0 Å². The fraction of sp³-hybridized carbons (Fsp3) is 0.467. The maximum absolute atomic E-state index is 12.3. The first kappa shape index (κ1) is 14.5. The Morgan fingerprint density at radius 1 is 1.09 bits per heavy atom. The number of urea groups is 2. The molecular formula is C15H20N4O3. The molecule has 3 rings (SSSR count). The van der Waals surface area contributed by atoms with E-state index < -0.39 is 0 Å². The van der Waals surface area contributed by atoms with Crippen molar-refractivity contribution in [1.29, 1.82) is 0 Å². The van der Waals surface area contributed by atoms with Crippen LogP contribution in [0.15, 0.2) is 24.3 Å². The predicted molar refractivity (Wildman–Crippen MR) is 80.2 cm³/mol. The molecule has 4 amide bonds. The third kappa shape index (κ3) is 2.13. The van der Waals surface area contributed by atoms with Gasteiger partial charge in [-0.15, -0.1) is 0 Å². The number of hydrogen-bond donors (Lipinski definition) is 3. The molecule has 7 nitrogen and oxygen atoms in total. The van der Waals surface area contributed by atoms with Gasteiger partial charge in [0.2, 0.25) is 0 Å². The molecule has 2 saturated heterocycles. The minimum Gasteiger partial charge on any atom is -0.508 e. The molecule has 0 bridgehead atoms. The molecule has 118 valence electrons. The van der Waals surface area contributed by atoms with E-state index in [0.717, 1.165) is 5.56 Å². The Balaban J connectivity index is 2.05. The Bertz CT molecular complexity index is 621. The lowest BCUT2D eigenvalue weighted by atomic mass is 9.81. The minimum atomic E-state index is -0.375. The van der Waals surface area contributed by atoms with Crippen molar-refractivity contribution in [3.63, 3.8) is 0 Å². The number of phenolic OH excluding ortho intramolecular Hbond substituents is 1. The Labute approximate surface area is 128 Å². The monoisotopic (exact) mass is 304 g/mol. The van der Waals surface area contributed by atoms with Crippen LogP contribution >= 0.6 is 0 Å². The average molecular weight is 304 g/mol. The first-order valence-electron chi connectivity index (χ1n) is 7.25. The Morgan fingerprint density at radius 3 is 2.45 bits per heavy atom. The lowest BCUT2D eigenvalue weighted by Crippen LogP contribution is -2.71. The van der Waals surface area contributed by atoms with Gasteiger partial charge in [-0.2, -0.15) is 0 Å². The van der Waals surface area contributed by atoms with Crippen molar-refractivity contribution in [3.8, 4) is 5.75 Å². The second-order valence-corrected chi connectivity index (χ2v) is 5.97. The molecule has 2 aliphatic heterocycles. The topological polar surface area (TPSA) is 84.9 Å². The van der Waals surface area contributed by atoms with Gasteiger partial charge < -0.3 is 25.5 Å². The summed E-state index contributed by atoms with van der Waals surface area (Å²) >= 11 is 0. The fourth-order valence-electron chi connectivity index (χ4n) is 3.46. The summed E-state index contributed by atoms with van der Waals surface area (Å²) in [5.74, 6) is 0.126. The first-order chi connectivity index (χ1) is 10.4. The summed E-state index contributed by atoms with van der Waals surface area (Å²) in [7, 11) is 3.40. The molecule has 2 fully saturated rings. The number of amides is 4. The lowest BCUT2D eigenvalue weighted by Gasteiger charge is -2.52. The van der Waals surface area contributed by atoms with Crippen molar-refractivity contribution in [2.75, 3.05) is 14.1 Å². The van der Waals surface area contributed by atoms with Crippen molar-refractivity contribution in [2.45, 2.75) is 25.2 Å². The van der Waals surface area contributed by atoms with Crippen LogP contribution in [-0.4, -0.2) is 53.3 Å². The third-order valence-corrected chi connectivity index (χ3v) is 4.62. The van der Waals surface area contributed by atoms with E-state index in [1.165, 1.54) is 4.90 Å². The highest BCUT2D eigenvalue weighted by Gasteiger charge is 2.49. The van der Waals surface area contributed by atoms with E-state index in [1.54, 1.807) is 37.2 Å². The highest BCUT2D eigenvalue weighted by Crippen LogP contribution is 2.38. The molecule has 0 saturated carbocycles. The van der Waals surface area contributed by atoms with Gasteiger partial charge in [-0.1, -0.05) is 12.1 Å². The van der Waals surface area contributed by atoms with Crippen LogP contribution in [0.1, 0.15) is 18.5 Å². The van der Waals surface area contributed by atoms with Crippen molar-refractivity contribution in [1.82, 2.24) is 20.4 Å². The molecule has 1 aromatic rings. The van der Waals surface area contributed by atoms with Crippen LogP contribution in [0.5, 0.6) is 5.75 Å². The molecule has 0 radical (unpaired) electrons. The molecule has 0 spiro atoms. The number of nitrogens with zero attached hydrogens (tertiary/aromatic N) is 2. The standard InChI is InChI=1S/C15H20N4O3/c1-8-11-12(9-5-4-6-10(20)7-9)18(2)15(22)17-13(11)19(3)14(21)16-8/h4-8,11-13,20H,1-3H3,(H,16,21)(H,17,22)/t8-,11-,12+,13+/m0/s1. The number of aromatic hydroxyl groups is 1. The number of hydrogen-bond acceptors (Lipinski definition) is 3. The van der Waals surface area contributed by atoms with Gasteiger partial charge in [0.1, 0.15) is 11.9 Å². The van der Waals surface area contributed by atoms with Crippen LogP contribution in [0.2, 0.25) is 0 Å². The summed E-state index contributed by atoms with van der Waals surface area (Å²) in [6, 6.07) is 6.14. The summed E-state index contributed by atoms with van der Waals surface area (Å²) in [4.78, 5) is 27.4. The molecule has 1 aromatic carbocycles. The maximum Gasteiger partial charge on any atom is 0.319 e. The number of rotatable bonds is 1. The molecule has 3 N–H and O–H groups in total. The van der Waals surface area contributed by atoms with E-state index in [2.05, 4.69) is 10.6 Å².